The van der Waals surface area contributed by atoms with Crippen molar-refractivity contribution in [2.24, 2.45) is 11.3 Å². The number of aromatic amines is 1. The number of thiophene rings is 1. The summed E-state index contributed by atoms with van der Waals surface area (Å²) in [5, 5.41) is 20.9. The molecule has 1 aliphatic carbocycles. The first-order valence-electron chi connectivity index (χ1n) is 10.1. The summed E-state index contributed by atoms with van der Waals surface area (Å²) in [7, 11) is 0. The van der Waals surface area contributed by atoms with Crippen LogP contribution in [0.15, 0.2) is 29.7 Å². The maximum atomic E-state index is 12.6. The van der Waals surface area contributed by atoms with Crippen LogP contribution in [-0.4, -0.2) is 31.8 Å². The molecule has 1 atom stereocenters. The Labute approximate surface area is 189 Å². The van der Waals surface area contributed by atoms with E-state index in [1.807, 2.05) is 12.1 Å². The number of rotatable bonds is 5. The molecule has 0 spiro atoms. The Morgan fingerprint density at radius 1 is 1.39 bits per heavy atom. The lowest BCUT2D eigenvalue weighted by Crippen LogP contribution is -2.26. The molecular weight excluding hydrogens is 428 g/mol. The van der Waals surface area contributed by atoms with Gasteiger partial charge in [-0.05, 0) is 48.3 Å². The number of nitrogens with one attached hydrogen (secondary N) is 2. The molecule has 3 aromatic rings. The van der Waals surface area contributed by atoms with Gasteiger partial charge >= 0.3 is 0 Å². The molecule has 3 aromatic heterocycles. The van der Waals surface area contributed by atoms with Crippen LogP contribution in [0.4, 0.5) is 5.00 Å². The largest absolute Gasteiger partial charge is 0.316 e. The molecule has 0 fully saturated rings. The first kappa shape index (κ1) is 21.5. The van der Waals surface area contributed by atoms with Gasteiger partial charge in [-0.25, -0.2) is 4.98 Å². The smallest absolute Gasteiger partial charge is 0.235 e. The molecule has 3 heterocycles. The van der Waals surface area contributed by atoms with Gasteiger partial charge in [-0.15, -0.1) is 16.4 Å². The molecule has 0 aromatic carbocycles. The number of fused-ring (bicyclic) bond motifs is 1. The lowest BCUT2D eigenvalue weighted by atomic mass is 9.72. The minimum Gasteiger partial charge on any atom is -0.316 e. The number of amides is 1. The highest BCUT2D eigenvalue weighted by Gasteiger charge is 2.32. The second-order valence-corrected chi connectivity index (χ2v) is 10.7. The minimum atomic E-state index is -0.164. The molecule has 0 saturated carbocycles. The SMILES string of the molecule is CC(C)(C)C1CCc2c(sc(NC(=O)CSc3n[nH]c(-c4ccncc4)n3)c2C#N)C1. The Hall–Kier alpha value is -2.70. The third-order valence-corrected chi connectivity index (χ3v) is 7.62. The van der Waals surface area contributed by atoms with Crippen molar-refractivity contribution in [3.05, 3.63) is 40.5 Å². The topological polar surface area (TPSA) is 107 Å². The Bertz CT molecular complexity index is 1120. The van der Waals surface area contributed by atoms with Crippen LogP contribution in [0.1, 0.15) is 43.2 Å². The van der Waals surface area contributed by atoms with E-state index in [1.54, 1.807) is 23.7 Å². The molecule has 0 radical (unpaired) electrons. The number of pyridine rings is 1. The van der Waals surface area contributed by atoms with Crippen LogP contribution in [0, 0.1) is 22.7 Å². The molecular formula is C22H24N6OS2. The third kappa shape index (κ3) is 4.81. The van der Waals surface area contributed by atoms with Crippen molar-refractivity contribution < 1.29 is 4.79 Å². The zero-order valence-electron chi connectivity index (χ0n) is 17.7. The number of aromatic nitrogens is 4. The Morgan fingerprint density at radius 2 is 2.16 bits per heavy atom. The Morgan fingerprint density at radius 3 is 2.87 bits per heavy atom. The maximum absolute atomic E-state index is 12.6. The number of carbonyl (C=O) groups is 1. The van der Waals surface area contributed by atoms with Crippen LogP contribution >= 0.6 is 23.1 Å². The van der Waals surface area contributed by atoms with Crippen molar-refractivity contribution in [2.75, 3.05) is 11.1 Å². The second kappa shape index (κ2) is 8.81. The Kier molecular flexibility index (Phi) is 6.12. The van der Waals surface area contributed by atoms with Crippen molar-refractivity contribution in [1.29, 1.82) is 5.26 Å². The fourth-order valence-corrected chi connectivity index (χ4v) is 5.67. The zero-order valence-corrected chi connectivity index (χ0v) is 19.4. The predicted molar refractivity (Wildman–Crippen MR) is 123 cm³/mol. The normalized spacial score (nSPS) is 15.9. The van der Waals surface area contributed by atoms with Crippen molar-refractivity contribution in [2.45, 2.75) is 45.2 Å². The molecule has 1 aliphatic rings. The standard InChI is InChI=1S/C22H24N6OS2/c1-22(2,3)14-4-5-15-16(11-23)20(31-17(15)10-14)25-18(29)12-30-21-26-19(27-28-21)13-6-8-24-9-7-13/h6-9,14H,4-5,10,12H2,1-3H3,(H,25,29)(H,26,27,28). The van der Waals surface area contributed by atoms with Gasteiger partial charge in [0.05, 0.1) is 11.3 Å². The summed E-state index contributed by atoms with van der Waals surface area (Å²) in [6.45, 7) is 6.81. The minimum absolute atomic E-state index is 0.164. The molecule has 0 aliphatic heterocycles. The van der Waals surface area contributed by atoms with E-state index in [2.05, 4.69) is 52.3 Å². The third-order valence-electron chi connectivity index (χ3n) is 5.61. The molecule has 9 heteroatoms. The fourth-order valence-electron chi connectivity index (χ4n) is 3.77. The molecule has 0 saturated heterocycles. The molecule has 160 valence electrons. The van der Waals surface area contributed by atoms with Gasteiger partial charge in [-0.3, -0.25) is 14.9 Å². The fraction of sp³-hybridized carbons (Fsp3) is 0.409. The van der Waals surface area contributed by atoms with Gasteiger partial charge in [0, 0.05) is 22.8 Å². The number of anilines is 1. The molecule has 7 nitrogen and oxygen atoms in total. The van der Waals surface area contributed by atoms with Gasteiger partial charge in [-0.1, -0.05) is 32.5 Å². The molecule has 4 rings (SSSR count). The van der Waals surface area contributed by atoms with Crippen LogP contribution in [0.2, 0.25) is 0 Å². The van der Waals surface area contributed by atoms with Gasteiger partial charge < -0.3 is 5.32 Å². The molecule has 0 bridgehead atoms. The van der Waals surface area contributed by atoms with Crippen LogP contribution < -0.4 is 5.32 Å². The van der Waals surface area contributed by atoms with Crippen molar-refractivity contribution in [1.82, 2.24) is 20.2 Å². The van der Waals surface area contributed by atoms with E-state index in [-0.39, 0.29) is 17.1 Å². The van der Waals surface area contributed by atoms with Gasteiger partial charge in [-0.2, -0.15) is 5.26 Å². The number of nitrogens with zero attached hydrogens (tertiary/aromatic N) is 4. The Balaban J connectivity index is 1.40. The lowest BCUT2D eigenvalue weighted by Gasteiger charge is -2.33. The first-order chi connectivity index (χ1) is 14.8. The monoisotopic (exact) mass is 452 g/mol. The van der Waals surface area contributed by atoms with Crippen molar-refractivity contribution in [3.8, 4) is 17.5 Å². The highest BCUT2D eigenvalue weighted by Crippen LogP contribution is 2.44. The summed E-state index contributed by atoms with van der Waals surface area (Å²) < 4.78 is 0. The second-order valence-electron chi connectivity index (χ2n) is 8.66. The van der Waals surface area contributed by atoms with E-state index in [0.717, 1.165) is 30.4 Å². The molecule has 31 heavy (non-hydrogen) atoms. The van der Waals surface area contributed by atoms with Crippen LogP contribution in [0.5, 0.6) is 0 Å². The quantitative estimate of drug-likeness (QED) is 0.544. The predicted octanol–water partition coefficient (Wildman–Crippen LogP) is 4.68. The number of nitriles is 1. The lowest BCUT2D eigenvalue weighted by molar-refractivity contribution is -0.113. The number of H-pyrrole nitrogens is 1. The highest BCUT2D eigenvalue weighted by atomic mass is 32.2. The van der Waals surface area contributed by atoms with E-state index in [9.17, 15) is 10.1 Å². The maximum Gasteiger partial charge on any atom is 0.235 e. The summed E-state index contributed by atoms with van der Waals surface area (Å²) >= 11 is 2.81. The summed E-state index contributed by atoms with van der Waals surface area (Å²) in [5.74, 6) is 1.23. The number of hydrogen-bond donors (Lipinski definition) is 2. The number of hydrogen-bond acceptors (Lipinski definition) is 7. The van der Waals surface area contributed by atoms with E-state index in [0.29, 0.717) is 27.5 Å². The van der Waals surface area contributed by atoms with Crippen LogP contribution in [-0.2, 0) is 17.6 Å². The summed E-state index contributed by atoms with van der Waals surface area (Å²) in [6.07, 6.45) is 6.33. The zero-order chi connectivity index (χ0) is 22.0. The van der Waals surface area contributed by atoms with Crippen LogP contribution in [0.25, 0.3) is 11.4 Å². The van der Waals surface area contributed by atoms with Gasteiger partial charge in [0.25, 0.3) is 0 Å². The first-order valence-corrected chi connectivity index (χ1v) is 12.0. The number of thioether (sulfide) groups is 1. The van der Waals surface area contributed by atoms with E-state index >= 15 is 0 Å². The van der Waals surface area contributed by atoms with E-state index in [4.69, 9.17) is 0 Å². The molecule has 1 unspecified atom stereocenters. The summed E-state index contributed by atoms with van der Waals surface area (Å²) in [6, 6.07) is 5.99. The summed E-state index contributed by atoms with van der Waals surface area (Å²) in [4.78, 5) is 22.2. The molecule has 2 N–H and O–H groups in total. The van der Waals surface area contributed by atoms with Gasteiger partial charge in [0.15, 0.2) is 5.82 Å². The van der Waals surface area contributed by atoms with Crippen molar-refractivity contribution >= 4 is 34.0 Å². The van der Waals surface area contributed by atoms with Crippen LogP contribution in [0.3, 0.4) is 0 Å². The van der Waals surface area contributed by atoms with Gasteiger partial charge in [0.1, 0.15) is 11.1 Å². The summed E-state index contributed by atoms with van der Waals surface area (Å²) in [5.41, 5.74) is 2.87. The number of carbonyl (C=O) groups excluding carboxylic acids is 1. The molecule has 1 amide bonds. The average Bonchev–Trinajstić information content (AvgIpc) is 3.36. The van der Waals surface area contributed by atoms with Crippen molar-refractivity contribution in [3.63, 3.8) is 0 Å². The highest BCUT2D eigenvalue weighted by molar-refractivity contribution is 7.99. The van der Waals surface area contributed by atoms with Gasteiger partial charge in [0.2, 0.25) is 11.1 Å². The van der Waals surface area contributed by atoms with E-state index < -0.39 is 0 Å². The van der Waals surface area contributed by atoms with E-state index in [1.165, 1.54) is 16.6 Å². The average molecular weight is 453 g/mol.